The molecule has 0 aromatic carbocycles. The molecule has 1 aliphatic carbocycles. The smallest absolute Gasteiger partial charge is 0.220 e. The lowest BCUT2D eigenvalue weighted by atomic mass is 9.70. The van der Waals surface area contributed by atoms with Gasteiger partial charge in [-0.25, -0.2) is 13.1 Å². The third-order valence-electron chi connectivity index (χ3n) is 4.73. The zero-order valence-corrected chi connectivity index (χ0v) is 16.3. The van der Waals surface area contributed by atoms with Crippen LogP contribution in [0.5, 0.6) is 0 Å². The summed E-state index contributed by atoms with van der Waals surface area (Å²) in [6, 6.07) is 0. The Balaban J connectivity index is 2.72. The molecule has 6 nitrogen and oxygen atoms in total. The number of carbonyl (C=O) groups is 1. The average Bonchev–Trinajstić information content (AvgIpc) is 2.46. The van der Waals surface area contributed by atoms with E-state index in [-0.39, 0.29) is 17.7 Å². The Bertz CT molecular complexity index is 543. The van der Waals surface area contributed by atoms with Crippen molar-refractivity contribution < 1.29 is 17.9 Å². The molecule has 0 aromatic heterocycles. The fourth-order valence-corrected chi connectivity index (χ4v) is 3.84. The molecule has 0 aromatic rings. The molecule has 0 aliphatic heterocycles. The largest absolute Gasteiger partial charge is 0.383 e. The third-order valence-corrected chi connectivity index (χ3v) is 5.42. The lowest BCUT2D eigenvalue weighted by Gasteiger charge is -2.37. The molecule has 0 unspecified atom stereocenters. The maximum atomic E-state index is 12.1. The van der Waals surface area contributed by atoms with Crippen LogP contribution in [0.3, 0.4) is 0 Å². The fraction of sp³-hybridized carbons (Fsp3) is 0.824. The third kappa shape index (κ3) is 7.32. The van der Waals surface area contributed by atoms with E-state index in [0.29, 0.717) is 38.0 Å². The van der Waals surface area contributed by atoms with Gasteiger partial charge in [0.15, 0.2) is 0 Å². The zero-order valence-electron chi connectivity index (χ0n) is 15.5. The van der Waals surface area contributed by atoms with Gasteiger partial charge in [-0.05, 0) is 37.0 Å². The summed E-state index contributed by atoms with van der Waals surface area (Å²) in [4.78, 5) is 12.1. The molecular formula is C17H32N2O4S. The van der Waals surface area contributed by atoms with E-state index in [2.05, 4.69) is 30.0 Å². The minimum atomic E-state index is -3.19. The molecule has 140 valence electrons. The van der Waals surface area contributed by atoms with E-state index < -0.39 is 10.0 Å². The molecule has 0 heterocycles. The van der Waals surface area contributed by atoms with Crippen LogP contribution in [0.4, 0.5) is 0 Å². The summed E-state index contributed by atoms with van der Waals surface area (Å²) in [7, 11) is -1.58. The predicted octanol–water partition coefficient (Wildman–Crippen LogP) is 1.54. The molecule has 1 aliphatic rings. The Hall–Kier alpha value is -0.920. The molecule has 0 fully saturated rings. The van der Waals surface area contributed by atoms with E-state index in [1.54, 1.807) is 7.11 Å². The second-order valence-corrected chi connectivity index (χ2v) is 8.92. The van der Waals surface area contributed by atoms with E-state index in [1.165, 1.54) is 11.8 Å². The predicted molar refractivity (Wildman–Crippen MR) is 96.0 cm³/mol. The lowest BCUT2D eigenvalue weighted by Crippen LogP contribution is -2.37. The first-order chi connectivity index (χ1) is 11.1. The van der Waals surface area contributed by atoms with Crippen LogP contribution >= 0.6 is 0 Å². The van der Waals surface area contributed by atoms with Crippen LogP contribution in [-0.2, 0) is 19.6 Å². The number of sulfonamides is 1. The summed E-state index contributed by atoms with van der Waals surface area (Å²) in [5, 5.41) is 2.87. The van der Waals surface area contributed by atoms with Gasteiger partial charge in [-0.3, -0.25) is 4.79 Å². The Labute approximate surface area is 146 Å². The summed E-state index contributed by atoms with van der Waals surface area (Å²) in [6.45, 7) is 7.81. The average molecular weight is 361 g/mol. The Morgan fingerprint density at radius 1 is 1.42 bits per heavy atom. The highest BCUT2D eigenvalue weighted by molar-refractivity contribution is 7.88. The van der Waals surface area contributed by atoms with Crippen molar-refractivity contribution in [3.8, 4) is 0 Å². The molecular weight excluding hydrogens is 328 g/mol. The van der Waals surface area contributed by atoms with Gasteiger partial charge in [-0.15, -0.1) is 0 Å². The van der Waals surface area contributed by atoms with Gasteiger partial charge < -0.3 is 10.1 Å². The Morgan fingerprint density at radius 3 is 2.62 bits per heavy atom. The van der Waals surface area contributed by atoms with Gasteiger partial charge in [0.2, 0.25) is 15.9 Å². The standard InChI is InChI=1S/C17H32N2O4S/c1-12(2)16-9-14(10-17(20)18-6-7-23-4)13(3)8-15(16)11-19-24(5,21)22/h8,12,14-16,19H,6-7,9-11H2,1-5H3,(H,18,20)/t14-,15-,16-/m0/s1. The number of amides is 1. The molecule has 1 rings (SSSR count). The van der Waals surface area contributed by atoms with Gasteiger partial charge in [0.05, 0.1) is 12.9 Å². The minimum Gasteiger partial charge on any atom is -0.383 e. The normalized spacial score (nSPS) is 24.8. The summed E-state index contributed by atoms with van der Waals surface area (Å²) in [5.41, 5.74) is 1.18. The van der Waals surface area contributed by atoms with E-state index in [4.69, 9.17) is 4.74 Å². The Kier molecular flexibility index (Phi) is 8.39. The van der Waals surface area contributed by atoms with Crippen molar-refractivity contribution in [1.82, 2.24) is 10.0 Å². The summed E-state index contributed by atoms with van der Waals surface area (Å²) >= 11 is 0. The van der Waals surface area contributed by atoms with Gasteiger partial charge in [-0.2, -0.15) is 0 Å². The lowest BCUT2D eigenvalue weighted by molar-refractivity contribution is -0.122. The number of nitrogens with one attached hydrogen (secondary N) is 2. The summed E-state index contributed by atoms with van der Waals surface area (Å²) < 4.78 is 30.3. The van der Waals surface area contributed by atoms with Crippen molar-refractivity contribution in [2.75, 3.05) is 33.1 Å². The number of rotatable bonds is 9. The van der Waals surface area contributed by atoms with Crippen LogP contribution < -0.4 is 10.0 Å². The van der Waals surface area contributed by atoms with Gasteiger partial charge >= 0.3 is 0 Å². The van der Waals surface area contributed by atoms with Crippen LogP contribution in [0.2, 0.25) is 0 Å². The fourth-order valence-electron chi connectivity index (χ4n) is 3.34. The summed E-state index contributed by atoms with van der Waals surface area (Å²) in [6.07, 6.45) is 4.72. The number of carbonyl (C=O) groups excluding carboxylic acids is 1. The number of methoxy groups -OCH3 is 1. The number of hydrogen-bond acceptors (Lipinski definition) is 4. The zero-order chi connectivity index (χ0) is 18.3. The van der Waals surface area contributed by atoms with Crippen molar-refractivity contribution in [3.05, 3.63) is 11.6 Å². The Morgan fingerprint density at radius 2 is 2.08 bits per heavy atom. The maximum Gasteiger partial charge on any atom is 0.220 e. The quantitative estimate of drug-likeness (QED) is 0.482. The summed E-state index contributed by atoms with van der Waals surface area (Å²) in [5.74, 6) is 1.22. The molecule has 0 spiro atoms. The minimum absolute atomic E-state index is 0.0417. The molecule has 0 radical (unpaired) electrons. The van der Waals surface area contributed by atoms with E-state index in [0.717, 1.165) is 6.42 Å². The van der Waals surface area contributed by atoms with Crippen LogP contribution in [0.1, 0.15) is 33.6 Å². The van der Waals surface area contributed by atoms with Crippen molar-refractivity contribution in [2.24, 2.45) is 23.7 Å². The monoisotopic (exact) mass is 360 g/mol. The molecule has 0 saturated heterocycles. The highest BCUT2D eigenvalue weighted by atomic mass is 32.2. The van der Waals surface area contributed by atoms with Gasteiger partial charge in [0.1, 0.15) is 0 Å². The first-order valence-corrected chi connectivity index (χ1v) is 10.4. The van der Waals surface area contributed by atoms with Gasteiger partial charge in [0.25, 0.3) is 0 Å². The highest BCUT2D eigenvalue weighted by Crippen LogP contribution is 2.38. The maximum absolute atomic E-state index is 12.1. The van der Waals surface area contributed by atoms with Crippen LogP contribution in [0.15, 0.2) is 11.6 Å². The van der Waals surface area contributed by atoms with Crippen LogP contribution in [-0.4, -0.2) is 47.4 Å². The van der Waals surface area contributed by atoms with Crippen LogP contribution in [0, 0.1) is 23.7 Å². The number of ether oxygens (including phenoxy) is 1. The topological polar surface area (TPSA) is 84.5 Å². The molecule has 2 N–H and O–H groups in total. The van der Waals surface area contributed by atoms with E-state index in [1.807, 2.05) is 6.92 Å². The molecule has 0 bridgehead atoms. The van der Waals surface area contributed by atoms with Crippen molar-refractivity contribution in [2.45, 2.75) is 33.6 Å². The molecule has 7 heteroatoms. The molecule has 24 heavy (non-hydrogen) atoms. The van der Waals surface area contributed by atoms with Crippen molar-refractivity contribution >= 4 is 15.9 Å². The van der Waals surface area contributed by atoms with Gasteiger partial charge in [0, 0.05) is 26.6 Å². The molecule has 0 saturated carbocycles. The van der Waals surface area contributed by atoms with Crippen molar-refractivity contribution in [1.29, 1.82) is 0 Å². The van der Waals surface area contributed by atoms with Crippen LogP contribution in [0.25, 0.3) is 0 Å². The SMILES string of the molecule is COCCNC(=O)C[C@@H]1C[C@@H](C(C)C)[C@H](CNS(C)(=O)=O)C=C1C. The van der Waals surface area contributed by atoms with E-state index >= 15 is 0 Å². The highest BCUT2D eigenvalue weighted by Gasteiger charge is 2.32. The molecule has 1 amide bonds. The first kappa shape index (κ1) is 21.1. The second-order valence-electron chi connectivity index (χ2n) is 7.08. The number of allylic oxidation sites excluding steroid dienone is 1. The first-order valence-electron chi connectivity index (χ1n) is 8.52. The second kappa shape index (κ2) is 9.53. The molecule has 3 atom stereocenters. The van der Waals surface area contributed by atoms with Gasteiger partial charge in [-0.1, -0.05) is 25.5 Å². The van der Waals surface area contributed by atoms with E-state index in [9.17, 15) is 13.2 Å². The van der Waals surface area contributed by atoms with Crippen molar-refractivity contribution in [3.63, 3.8) is 0 Å². The number of hydrogen-bond donors (Lipinski definition) is 2.